The largest absolute Gasteiger partial charge is 0.293 e. The van der Waals surface area contributed by atoms with Crippen molar-refractivity contribution in [2.45, 2.75) is 38.5 Å². The zero-order valence-corrected chi connectivity index (χ0v) is 12.4. The van der Waals surface area contributed by atoms with Crippen LogP contribution in [0.15, 0.2) is 12.1 Å². The summed E-state index contributed by atoms with van der Waals surface area (Å²) in [6.45, 7) is 0. The predicted octanol–water partition coefficient (Wildman–Crippen LogP) is 5.02. The average molecular weight is 311 g/mol. The Kier molecular flexibility index (Phi) is 2.94. The molecule has 0 N–H and O–H groups in total. The highest BCUT2D eigenvalue weighted by Gasteiger charge is 2.54. The summed E-state index contributed by atoms with van der Waals surface area (Å²) >= 11 is 6.01. The maximum absolute atomic E-state index is 13.5. The van der Waals surface area contributed by atoms with E-state index < -0.39 is 11.6 Å². The molecule has 0 radical (unpaired) electrons. The Hall–Kier alpha value is -0.960. The zero-order valence-electron chi connectivity index (χ0n) is 11.7. The summed E-state index contributed by atoms with van der Waals surface area (Å²) in [5, 5.41) is 0.0367. The van der Waals surface area contributed by atoms with Crippen molar-refractivity contribution in [1.29, 1.82) is 0 Å². The van der Waals surface area contributed by atoms with E-state index in [2.05, 4.69) is 0 Å². The number of ketones is 1. The Balaban J connectivity index is 1.73. The topological polar surface area (TPSA) is 17.1 Å². The minimum Gasteiger partial charge on any atom is -0.293 e. The number of rotatable bonds is 2. The minimum atomic E-state index is -0.998. The van der Waals surface area contributed by atoms with Crippen molar-refractivity contribution in [2.24, 2.45) is 23.2 Å². The van der Waals surface area contributed by atoms with Gasteiger partial charge in [-0.25, -0.2) is 8.78 Å². The first kappa shape index (κ1) is 13.7. The van der Waals surface area contributed by atoms with Crippen LogP contribution in [0.4, 0.5) is 8.78 Å². The molecule has 21 heavy (non-hydrogen) atoms. The van der Waals surface area contributed by atoms with Gasteiger partial charge >= 0.3 is 0 Å². The van der Waals surface area contributed by atoms with Crippen molar-refractivity contribution in [3.05, 3.63) is 34.4 Å². The normalized spacial score (nSPS) is 37.0. The molecular weight excluding hydrogens is 294 g/mol. The predicted molar refractivity (Wildman–Crippen MR) is 76.3 cm³/mol. The summed E-state index contributed by atoms with van der Waals surface area (Å²) in [6, 6.07) is 1.91. The third kappa shape index (κ3) is 2.04. The summed E-state index contributed by atoms with van der Waals surface area (Å²) in [6.07, 6.45) is 6.39. The number of Topliss-reactive ketones (excluding diaryl/α,β-unsaturated/α-hetero) is 1. The van der Waals surface area contributed by atoms with E-state index in [1.165, 1.54) is 19.3 Å². The molecule has 4 aliphatic carbocycles. The maximum atomic E-state index is 13.5. The fourth-order valence-electron chi connectivity index (χ4n) is 5.37. The van der Waals surface area contributed by atoms with E-state index in [9.17, 15) is 13.6 Å². The number of hydrogen-bond donors (Lipinski definition) is 0. The number of carbonyl (C=O) groups excluding carboxylic acids is 1. The lowest BCUT2D eigenvalue weighted by molar-refractivity contribution is -0.0353. The second-order valence-electron chi connectivity index (χ2n) is 7.27. The van der Waals surface area contributed by atoms with Crippen molar-refractivity contribution in [3.63, 3.8) is 0 Å². The second-order valence-corrected chi connectivity index (χ2v) is 7.68. The first-order valence-corrected chi connectivity index (χ1v) is 8.04. The summed E-state index contributed by atoms with van der Waals surface area (Å²) in [5.74, 6) is -0.169. The fourth-order valence-corrected chi connectivity index (χ4v) is 5.61. The summed E-state index contributed by atoms with van der Waals surface area (Å²) in [5.41, 5.74) is -0.208. The molecule has 112 valence electrons. The van der Waals surface area contributed by atoms with Crippen molar-refractivity contribution in [2.75, 3.05) is 0 Å². The number of halogens is 3. The monoisotopic (exact) mass is 310 g/mol. The van der Waals surface area contributed by atoms with Crippen LogP contribution in [-0.2, 0) is 0 Å². The molecule has 0 aromatic heterocycles. The van der Waals surface area contributed by atoms with E-state index in [0.717, 1.165) is 31.4 Å². The number of carbonyl (C=O) groups is 1. The van der Waals surface area contributed by atoms with Gasteiger partial charge in [0.1, 0.15) is 0 Å². The fraction of sp³-hybridized carbons (Fsp3) is 0.588. The Morgan fingerprint density at radius 3 is 2.00 bits per heavy atom. The Morgan fingerprint density at radius 2 is 1.48 bits per heavy atom. The highest BCUT2D eigenvalue weighted by atomic mass is 35.5. The molecule has 5 rings (SSSR count). The lowest BCUT2D eigenvalue weighted by atomic mass is 9.48. The molecule has 0 aliphatic heterocycles. The van der Waals surface area contributed by atoms with Crippen LogP contribution < -0.4 is 0 Å². The van der Waals surface area contributed by atoms with Crippen molar-refractivity contribution in [1.82, 2.24) is 0 Å². The molecule has 1 nitrogen and oxygen atoms in total. The van der Waals surface area contributed by atoms with E-state index in [1.54, 1.807) is 0 Å². The smallest absolute Gasteiger partial charge is 0.170 e. The van der Waals surface area contributed by atoms with Gasteiger partial charge in [0.15, 0.2) is 17.4 Å². The molecule has 0 heterocycles. The molecule has 4 saturated carbocycles. The van der Waals surface area contributed by atoms with Gasteiger partial charge in [0.2, 0.25) is 0 Å². The van der Waals surface area contributed by atoms with Gasteiger partial charge in [-0.15, -0.1) is 0 Å². The lowest BCUT2D eigenvalue weighted by Crippen LogP contribution is -2.50. The first-order valence-electron chi connectivity index (χ1n) is 7.66. The van der Waals surface area contributed by atoms with Gasteiger partial charge in [-0.3, -0.25) is 4.79 Å². The minimum absolute atomic E-state index is 0.0367. The number of hydrogen-bond acceptors (Lipinski definition) is 1. The van der Waals surface area contributed by atoms with Gasteiger partial charge in [-0.1, -0.05) is 11.6 Å². The zero-order chi connectivity index (χ0) is 14.8. The molecule has 1 aromatic rings. The van der Waals surface area contributed by atoms with Gasteiger partial charge in [0.25, 0.3) is 0 Å². The number of benzene rings is 1. The highest BCUT2D eigenvalue weighted by Crippen LogP contribution is 2.61. The molecule has 4 fully saturated rings. The Bertz CT molecular complexity index is 590. The second kappa shape index (κ2) is 4.52. The van der Waals surface area contributed by atoms with Crippen LogP contribution in [0.3, 0.4) is 0 Å². The summed E-state index contributed by atoms with van der Waals surface area (Å²) in [4.78, 5) is 13.0. The molecule has 0 unspecified atom stereocenters. The lowest BCUT2D eigenvalue weighted by Gasteiger charge is -2.56. The van der Waals surface area contributed by atoms with Crippen molar-refractivity contribution in [3.8, 4) is 0 Å². The van der Waals surface area contributed by atoms with Crippen LogP contribution >= 0.6 is 11.6 Å². The molecule has 0 amide bonds. The summed E-state index contributed by atoms with van der Waals surface area (Å²) in [7, 11) is 0. The van der Waals surface area contributed by atoms with Crippen LogP contribution in [0, 0.1) is 34.8 Å². The molecule has 1 aromatic carbocycles. The van der Waals surface area contributed by atoms with Gasteiger partial charge in [0.05, 0.1) is 5.02 Å². The van der Waals surface area contributed by atoms with Gasteiger partial charge in [-0.2, -0.15) is 0 Å². The molecule has 4 aliphatic rings. The Morgan fingerprint density at radius 1 is 1.00 bits per heavy atom. The molecule has 4 heteroatoms. The third-order valence-electron chi connectivity index (χ3n) is 5.77. The first-order chi connectivity index (χ1) is 9.97. The quantitative estimate of drug-likeness (QED) is 0.554. The van der Waals surface area contributed by atoms with Crippen LogP contribution in [0.5, 0.6) is 0 Å². The van der Waals surface area contributed by atoms with Gasteiger partial charge in [0, 0.05) is 11.0 Å². The SMILES string of the molecule is O=C(c1cc(F)c(F)cc1Cl)C12CC3CC(CC(C3)C1)C2. The van der Waals surface area contributed by atoms with Crippen molar-refractivity contribution >= 4 is 17.4 Å². The molecule has 0 atom stereocenters. The molecule has 0 spiro atoms. The average Bonchev–Trinajstić information content (AvgIpc) is 2.40. The summed E-state index contributed by atoms with van der Waals surface area (Å²) < 4.78 is 26.7. The van der Waals surface area contributed by atoms with E-state index >= 15 is 0 Å². The third-order valence-corrected chi connectivity index (χ3v) is 6.09. The van der Waals surface area contributed by atoms with Gasteiger partial charge < -0.3 is 0 Å². The molecule has 4 bridgehead atoms. The van der Waals surface area contributed by atoms with E-state index in [1.807, 2.05) is 0 Å². The molecular formula is C17H17ClF2O. The standard InChI is InChI=1S/C17H17ClF2O/c18-13-5-15(20)14(19)4-12(13)16(21)17-6-9-1-10(7-17)3-11(2-9)8-17/h4-5,9-11H,1-3,6-8H2. The van der Waals surface area contributed by atoms with Crippen LogP contribution in [0.2, 0.25) is 5.02 Å². The van der Waals surface area contributed by atoms with Crippen LogP contribution in [0.25, 0.3) is 0 Å². The maximum Gasteiger partial charge on any atom is 0.170 e. The van der Waals surface area contributed by atoms with Gasteiger partial charge in [-0.05, 0) is 68.4 Å². The van der Waals surface area contributed by atoms with E-state index in [-0.39, 0.29) is 21.8 Å². The Labute approximate surface area is 127 Å². The van der Waals surface area contributed by atoms with E-state index in [0.29, 0.717) is 17.8 Å². The van der Waals surface area contributed by atoms with Crippen molar-refractivity contribution < 1.29 is 13.6 Å². The highest BCUT2D eigenvalue weighted by molar-refractivity contribution is 6.34. The molecule has 0 saturated heterocycles. The van der Waals surface area contributed by atoms with Crippen LogP contribution in [-0.4, -0.2) is 5.78 Å². The van der Waals surface area contributed by atoms with Crippen LogP contribution in [0.1, 0.15) is 48.9 Å². The van der Waals surface area contributed by atoms with E-state index in [4.69, 9.17) is 11.6 Å².